The number of aromatic nitrogens is 1. The highest BCUT2D eigenvalue weighted by Gasteiger charge is 2.02. The van der Waals surface area contributed by atoms with Gasteiger partial charge in [0.2, 0.25) is 5.88 Å². The molecule has 0 spiro atoms. The summed E-state index contributed by atoms with van der Waals surface area (Å²) in [4.78, 5) is 15.0. The third-order valence-electron chi connectivity index (χ3n) is 2.07. The molecule has 3 nitrogen and oxygen atoms in total. The Morgan fingerprint density at radius 3 is 2.73 bits per heavy atom. The number of methoxy groups -OCH3 is 1. The fraction of sp³-hybridized carbons (Fsp3) is 0.333. The smallest absolute Gasteiger partial charge is 0.213 e. The summed E-state index contributed by atoms with van der Waals surface area (Å²) in [5.41, 5.74) is 1.47. The molecule has 1 aromatic heterocycles. The van der Waals surface area contributed by atoms with Crippen molar-refractivity contribution < 1.29 is 9.53 Å². The molecule has 3 heteroatoms. The van der Waals surface area contributed by atoms with Gasteiger partial charge in [-0.05, 0) is 23.6 Å². The van der Waals surface area contributed by atoms with Crippen LogP contribution in [0.3, 0.4) is 0 Å². The number of ether oxygens (including phenoxy) is 1. The van der Waals surface area contributed by atoms with Crippen molar-refractivity contribution in [1.29, 1.82) is 0 Å². The molecule has 0 aliphatic heterocycles. The van der Waals surface area contributed by atoms with Gasteiger partial charge in [-0.25, -0.2) is 4.98 Å². The summed E-state index contributed by atoms with van der Waals surface area (Å²) in [7, 11) is 1.57. The number of carbonyl (C=O) groups excluding carboxylic acids is 1. The molecule has 15 heavy (non-hydrogen) atoms. The van der Waals surface area contributed by atoms with Crippen molar-refractivity contribution in [2.24, 2.45) is 5.92 Å². The highest BCUT2D eigenvalue weighted by atomic mass is 16.5. The van der Waals surface area contributed by atoms with Crippen LogP contribution in [-0.4, -0.2) is 18.4 Å². The maximum absolute atomic E-state index is 10.8. The Morgan fingerprint density at radius 2 is 2.20 bits per heavy atom. The molecule has 1 aromatic rings. The normalized spacial score (nSPS) is 11.6. The Labute approximate surface area is 89.8 Å². The summed E-state index contributed by atoms with van der Waals surface area (Å²) < 4.78 is 5.00. The van der Waals surface area contributed by atoms with Crippen LogP contribution in [0, 0.1) is 5.92 Å². The van der Waals surface area contributed by atoms with Gasteiger partial charge in [0.15, 0.2) is 0 Å². The molecule has 0 atom stereocenters. The van der Waals surface area contributed by atoms with E-state index in [-0.39, 0.29) is 5.92 Å². The zero-order chi connectivity index (χ0) is 11.3. The molecule has 1 heterocycles. The molecule has 0 aliphatic rings. The first kappa shape index (κ1) is 11.4. The van der Waals surface area contributed by atoms with E-state index in [0.717, 1.165) is 17.6 Å². The highest BCUT2D eigenvalue weighted by Crippen LogP contribution is 2.13. The Hall–Kier alpha value is -1.64. The van der Waals surface area contributed by atoms with Crippen molar-refractivity contribution in [1.82, 2.24) is 4.98 Å². The van der Waals surface area contributed by atoms with Gasteiger partial charge in [-0.3, -0.25) is 4.79 Å². The van der Waals surface area contributed by atoms with Gasteiger partial charge in [0.1, 0.15) is 6.29 Å². The van der Waals surface area contributed by atoms with Crippen LogP contribution in [0.4, 0.5) is 0 Å². The second-order valence-electron chi connectivity index (χ2n) is 3.52. The fourth-order valence-electron chi connectivity index (χ4n) is 1.13. The standard InChI is InChI=1S/C12H15NO2/c1-9(2)10(8-14)7-11-5-4-6-12(13-11)15-3/h4-9H,1-3H3/b10-7-. The van der Waals surface area contributed by atoms with Crippen LogP contribution >= 0.6 is 0 Å². The Morgan fingerprint density at radius 1 is 1.47 bits per heavy atom. The molecule has 0 saturated carbocycles. The summed E-state index contributed by atoms with van der Waals surface area (Å²) in [5, 5.41) is 0. The van der Waals surface area contributed by atoms with Gasteiger partial charge in [0, 0.05) is 6.07 Å². The highest BCUT2D eigenvalue weighted by molar-refractivity contribution is 5.81. The topological polar surface area (TPSA) is 39.2 Å². The molecular formula is C12H15NO2. The van der Waals surface area contributed by atoms with E-state index >= 15 is 0 Å². The van der Waals surface area contributed by atoms with Crippen molar-refractivity contribution >= 4 is 12.4 Å². The van der Waals surface area contributed by atoms with E-state index in [9.17, 15) is 4.79 Å². The van der Waals surface area contributed by atoms with E-state index in [2.05, 4.69) is 4.98 Å². The van der Waals surface area contributed by atoms with Gasteiger partial charge in [-0.2, -0.15) is 0 Å². The molecule has 0 unspecified atom stereocenters. The van der Waals surface area contributed by atoms with Crippen molar-refractivity contribution in [2.45, 2.75) is 13.8 Å². The molecule has 0 amide bonds. The number of carbonyl (C=O) groups is 1. The van der Waals surface area contributed by atoms with E-state index in [1.165, 1.54) is 0 Å². The summed E-state index contributed by atoms with van der Waals surface area (Å²) >= 11 is 0. The summed E-state index contributed by atoms with van der Waals surface area (Å²) in [6.07, 6.45) is 2.64. The number of rotatable bonds is 4. The zero-order valence-corrected chi connectivity index (χ0v) is 9.23. The SMILES string of the molecule is COc1cccc(/C=C(/C=O)C(C)C)n1. The molecule has 0 fully saturated rings. The van der Waals surface area contributed by atoms with E-state index in [4.69, 9.17) is 4.74 Å². The van der Waals surface area contributed by atoms with Crippen LogP contribution in [0.15, 0.2) is 23.8 Å². The summed E-state index contributed by atoms with van der Waals surface area (Å²) in [6.45, 7) is 3.95. The predicted octanol–water partition coefficient (Wildman–Crippen LogP) is 2.33. The average Bonchev–Trinajstić information content (AvgIpc) is 2.25. The first-order valence-corrected chi connectivity index (χ1v) is 4.85. The minimum absolute atomic E-state index is 0.204. The molecule has 1 rings (SSSR count). The lowest BCUT2D eigenvalue weighted by Gasteiger charge is -2.04. The third kappa shape index (κ3) is 3.20. The number of hydrogen-bond acceptors (Lipinski definition) is 3. The Kier molecular flexibility index (Phi) is 4.03. The molecular weight excluding hydrogens is 190 g/mol. The van der Waals surface area contributed by atoms with E-state index in [1.807, 2.05) is 26.0 Å². The molecule has 0 radical (unpaired) electrons. The molecule has 0 bridgehead atoms. The second kappa shape index (κ2) is 5.29. The van der Waals surface area contributed by atoms with Crippen LogP contribution in [-0.2, 0) is 4.79 Å². The van der Waals surface area contributed by atoms with E-state index in [0.29, 0.717) is 5.88 Å². The van der Waals surface area contributed by atoms with Gasteiger partial charge in [-0.15, -0.1) is 0 Å². The minimum atomic E-state index is 0.204. The van der Waals surface area contributed by atoms with Gasteiger partial charge >= 0.3 is 0 Å². The lowest BCUT2D eigenvalue weighted by atomic mass is 10.0. The first-order chi connectivity index (χ1) is 7.17. The molecule has 0 aromatic carbocycles. The van der Waals surface area contributed by atoms with Crippen molar-refractivity contribution in [3.05, 3.63) is 29.5 Å². The maximum Gasteiger partial charge on any atom is 0.213 e. The Balaban J connectivity index is 3.00. The second-order valence-corrected chi connectivity index (χ2v) is 3.52. The third-order valence-corrected chi connectivity index (χ3v) is 2.07. The summed E-state index contributed by atoms with van der Waals surface area (Å²) in [6, 6.07) is 5.46. The maximum atomic E-state index is 10.8. The fourth-order valence-corrected chi connectivity index (χ4v) is 1.13. The van der Waals surface area contributed by atoms with Crippen molar-refractivity contribution in [2.75, 3.05) is 7.11 Å². The minimum Gasteiger partial charge on any atom is -0.481 e. The van der Waals surface area contributed by atoms with Crippen LogP contribution < -0.4 is 4.74 Å². The van der Waals surface area contributed by atoms with E-state index in [1.54, 1.807) is 19.3 Å². The molecule has 0 saturated heterocycles. The summed E-state index contributed by atoms with van der Waals surface area (Å²) in [5.74, 6) is 0.758. The van der Waals surface area contributed by atoms with Gasteiger partial charge in [0.05, 0.1) is 12.8 Å². The van der Waals surface area contributed by atoms with Crippen LogP contribution in [0.25, 0.3) is 6.08 Å². The predicted molar refractivity (Wildman–Crippen MR) is 59.7 cm³/mol. The lowest BCUT2D eigenvalue weighted by molar-refractivity contribution is -0.105. The Bertz CT molecular complexity index is 370. The molecule has 0 aliphatic carbocycles. The van der Waals surface area contributed by atoms with Crippen LogP contribution in [0.5, 0.6) is 5.88 Å². The monoisotopic (exact) mass is 205 g/mol. The number of nitrogens with zero attached hydrogens (tertiary/aromatic N) is 1. The molecule has 0 N–H and O–H groups in total. The van der Waals surface area contributed by atoms with Crippen LogP contribution in [0.1, 0.15) is 19.5 Å². The average molecular weight is 205 g/mol. The van der Waals surface area contributed by atoms with Gasteiger partial charge in [0.25, 0.3) is 0 Å². The number of aldehydes is 1. The molecule has 80 valence electrons. The van der Waals surface area contributed by atoms with Gasteiger partial charge in [-0.1, -0.05) is 19.9 Å². The number of allylic oxidation sites excluding steroid dienone is 1. The van der Waals surface area contributed by atoms with Crippen LogP contribution in [0.2, 0.25) is 0 Å². The number of hydrogen-bond donors (Lipinski definition) is 0. The number of pyridine rings is 1. The van der Waals surface area contributed by atoms with Gasteiger partial charge < -0.3 is 4.74 Å². The first-order valence-electron chi connectivity index (χ1n) is 4.85. The van der Waals surface area contributed by atoms with Crippen molar-refractivity contribution in [3.63, 3.8) is 0 Å². The van der Waals surface area contributed by atoms with E-state index < -0.39 is 0 Å². The largest absolute Gasteiger partial charge is 0.481 e. The lowest BCUT2D eigenvalue weighted by Crippen LogP contribution is -1.96. The van der Waals surface area contributed by atoms with Crippen molar-refractivity contribution in [3.8, 4) is 5.88 Å². The zero-order valence-electron chi connectivity index (χ0n) is 9.23. The quantitative estimate of drug-likeness (QED) is 0.559.